The molecular weight excluding hydrogens is 512 g/mol. The van der Waals surface area contributed by atoms with Gasteiger partial charge in [0.1, 0.15) is 0 Å². The van der Waals surface area contributed by atoms with Crippen molar-refractivity contribution in [2.24, 2.45) is 0 Å². The van der Waals surface area contributed by atoms with Crippen LogP contribution in [0.25, 0.3) is 11.3 Å². The molecule has 41 heavy (non-hydrogen) atoms. The van der Waals surface area contributed by atoms with Crippen molar-refractivity contribution in [2.75, 3.05) is 63.5 Å². The molecule has 3 aromatic rings. The fourth-order valence-corrected chi connectivity index (χ4v) is 5.64. The number of piperazine rings is 1. The van der Waals surface area contributed by atoms with E-state index in [1.165, 1.54) is 16.7 Å². The van der Waals surface area contributed by atoms with Crippen molar-refractivity contribution in [1.82, 2.24) is 30.0 Å². The fourth-order valence-electron chi connectivity index (χ4n) is 5.64. The Morgan fingerprint density at radius 3 is 2.49 bits per heavy atom. The summed E-state index contributed by atoms with van der Waals surface area (Å²) in [4.78, 5) is 29.1. The molecule has 1 fully saturated rings. The number of hydrogen-bond donors (Lipinski definition) is 3. The van der Waals surface area contributed by atoms with Gasteiger partial charge in [0.05, 0.1) is 12.2 Å². The Labute approximate surface area is 244 Å². The lowest BCUT2D eigenvalue weighted by molar-refractivity contribution is -0.122. The third-order valence-electron chi connectivity index (χ3n) is 7.74. The first kappa shape index (κ1) is 29.0. The third kappa shape index (κ3) is 8.03. The summed E-state index contributed by atoms with van der Waals surface area (Å²) < 4.78 is 0. The van der Waals surface area contributed by atoms with Gasteiger partial charge in [-0.15, -0.1) is 0 Å². The summed E-state index contributed by atoms with van der Waals surface area (Å²) in [5, 5.41) is 10.2. The van der Waals surface area contributed by atoms with Crippen LogP contribution in [0.1, 0.15) is 37.5 Å². The summed E-state index contributed by atoms with van der Waals surface area (Å²) in [5.41, 5.74) is 7.83. The molecule has 0 radical (unpaired) electrons. The number of anilines is 3. The molecule has 3 N–H and O–H groups in total. The Morgan fingerprint density at radius 1 is 0.951 bits per heavy atom. The summed E-state index contributed by atoms with van der Waals surface area (Å²) in [6.07, 6.45) is 2.79. The van der Waals surface area contributed by atoms with Crippen LogP contribution in [0.3, 0.4) is 0 Å². The largest absolute Gasteiger partial charge is 0.383 e. The summed E-state index contributed by atoms with van der Waals surface area (Å²) in [6, 6.07) is 15.4. The number of fused-ring (bicyclic) bond motifs is 8. The number of likely N-dealkylation sites (N-methyl/N-ethyl adjacent to an activating group) is 1. The van der Waals surface area contributed by atoms with Gasteiger partial charge < -0.3 is 20.9 Å². The summed E-state index contributed by atoms with van der Waals surface area (Å²) in [6.45, 7) is 13.7. The highest BCUT2D eigenvalue weighted by atomic mass is 16.2. The van der Waals surface area contributed by atoms with Crippen LogP contribution in [0.5, 0.6) is 0 Å². The minimum Gasteiger partial charge on any atom is -0.383 e. The first-order chi connectivity index (χ1) is 19.8. The van der Waals surface area contributed by atoms with E-state index in [0.717, 1.165) is 74.9 Å². The second-order valence-corrected chi connectivity index (χ2v) is 11.6. The smallest absolute Gasteiger partial charge is 0.234 e. The first-order valence-electron chi connectivity index (χ1n) is 14.9. The number of nitrogens with one attached hydrogen (secondary N) is 3. The van der Waals surface area contributed by atoms with Crippen molar-refractivity contribution in [3.05, 3.63) is 65.4 Å². The normalized spacial score (nSPS) is 20.5. The highest BCUT2D eigenvalue weighted by Crippen LogP contribution is 2.26. The molecule has 4 heterocycles. The molecule has 9 nitrogen and oxygen atoms in total. The van der Waals surface area contributed by atoms with Gasteiger partial charge in [-0.3, -0.25) is 14.6 Å². The molecule has 2 aromatic carbocycles. The minimum absolute atomic E-state index is 0.105. The van der Waals surface area contributed by atoms with E-state index in [9.17, 15) is 4.79 Å². The van der Waals surface area contributed by atoms with Gasteiger partial charge in [-0.25, -0.2) is 9.97 Å². The Bertz CT molecular complexity index is 1340. The maximum absolute atomic E-state index is 12.7. The molecule has 3 aliphatic heterocycles. The first-order valence-corrected chi connectivity index (χ1v) is 14.9. The lowest BCUT2D eigenvalue weighted by Gasteiger charge is -2.34. The number of rotatable bonds is 3. The second-order valence-electron chi connectivity index (χ2n) is 11.6. The van der Waals surface area contributed by atoms with Gasteiger partial charge in [0.15, 0.2) is 0 Å². The molecule has 0 atom stereocenters. The molecule has 218 valence electrons. The standard InChI is InChI=1S/C32H44N8O/c1-5-25-6-7-26-18-27(25)21-38(4)11-10-33-31(41)22-40-14-12-39(13-15-40)20-24-16-28(35-23(2)3)19-29(17-24)36-32-34-9-8-30(26)37-32/h6-9,16-19,23,35H,5,10-15,20-22H2,1-4H3,(H,33,41)(H,34,36,37). The maximum Gasteiger partial charge on any atom is 0.234 e. The van der Waals surface area contributed by atoms with Gasteiger partial charge in [0.2, 0.25) is 11.9 Å². The molecule has 1 saturated heterocycles. The van der Waals surface area contributed by atoms with Gasteiger partial charge in [0, 0.05) is 81.5 Å². The van der Waals surface area contributed by atoms with E-state index in [4.69, 9.17) is 4.98 Å². The van der Waals surface area contributed by atoms with Crippen molar-refractivity contribution in [1.29, 1.82) is 0 Å². The highest BCUT2D eigenvalue weighted by molar-refractivity contribution is 5.78. The van der Waals surface area contributed by atoms with Gasteiger partial charge in [-0.05, 0) is 74.3 Å². The van der Waals surface area contributed by atoms with Crippen molar-refractivity contribution < 1.29 is 4.79 Å². The number of benzene rings is 2. The van der Waals surface area contributed by atoms with Crippen LogP contribution in [-0.4, -0.2) is 89.5 Å². The summed E-state index contributed by atoms with van der Waals surface area (Å²) in [7, 11) is 2.11. The van der Waals surface area contributed by atoms with Crippen LogP contribution in [-0.2, 0) is 24.3 Å². The van der Waals surface area contributed by atoms with Gasteiger partial charge in [-0.2, -0.15) is 0 Å². The Balaban J connectivity index is 1.47. The predicted octanol–water partition coefficient (Wildman–Crippen LogP) is 3.95. The van der Waals surface area contributed by atoms with E-state index >= 15 is 0 Å². The monoisotopic (exact) mass is 556 g/mol. The van der Waals surface area contributed by atoms with Gasteiger partial charge in [0.25, 0.3) is 0 Å². The van der Waals surface area contributed by atoms with E-state index < -0.39 is 0 Å². The van der Waals surface area contributed by atoms with Gasteiger partial charge >= 0.3 is 0 Å². The van der Waals surface area contributed by atoms with E-state index in [1.54, 1.807) is 0 Å². The number of carbonyl (C=O) groups is 1. The summed E-state index contributed by atoms with van der Waals surface area (Å²) in [5.74, 6) is 0.688. The van der Waals surface area contributed by atoms with E-state index in [1.807, 2.05) is 12.3 Å². The van der Waals surface area contributed by atoms with Crippen LogP contribution in [0.4, 0.5) is 17.3 Å². The van der Waals surface area contributed by atoms with E-state index in [0.29, 0.717) is 25.1 Å². The zero-order valence-electron chi connectivity index (χ0n) is 24.9. The van der Waals surface area contributed by atoms with Crippen molar-refractivity contribution in [2.45, 2.75) is 46.3 Å². The number of nitrogens with zero attached hydrogens (tertiary/aromatic N) is 5. The van der Waals surface area contributed by atoms with Gasteiger partial charge in [-0.1, -0.05) is 19.1 Å². The molecule has 0 saturated carbocycles. The average molecular weight is 557 g/mol. The zero-order valence-corrected chi connectivity index (χ0v) is 24.9. The molecule has 6 rings (SSSR count). The Morgan fingerprint density at radius 2 is 1.73 bits per heavy atom. The molecule has 3 aliphatic rings. The van der Waals surface area contributed by atoms with Crippen LogP contribution in [0, 0.1) is 0 Å². The number of hydrogen-bond acceptors (Lipinski definition) is 8. The average Bonchev–Trinajstić information content (AvgIpc) is 2.93. The van der Waals surface area contributed by atoms with E-state index in [-0.39, 0.29) is 5.91 Å². The topological polar surface area (TPSA) is 88.7 Å². The van der Waals surface area contributed by atoms with Crippen LogP contribution < -0.4 is 16.0 Å². The van der Waals surface area contributed by atoms with Crippen molar-refractivity contribution >= 4 is 23.2 Å². The molecule has 1 aromatic heterocycles. The zero-order chi connectivity index (χ0) is 28.8. The quantitative estimate of drug-likeness (QED) is 0.447. The molecule has 8 bridgehead atoms. The van der Waals surface area contributed by atoms with Crippen LogP contribution in [0.2, 0.25) is 0 Å². The van der Waals surface area contributed by atoms with Crippen LogP contribution in [0.15, 0.2) is 48.7 Å². The third-order valence-corrected chi connectivity index (χ3v) is 7.74. The van der Waals surface area contributed by atoms with Crippen molar-refractivity contribution in [3.8, 4) is 11.3 Å². The fraction of sp³-hybridized carbons (Fsp3) is 0.469. The van der Waals surface area contributed by atoms with Crippen molar-refractivity contribution in [3.63, 3.8) is 0 Å². The second kappa shape index (κ2) is 13.4. The number of aryl methyl sites for hydroxylation is 1. The molecular formula is C32H44N8O. The molecule has 0 unspecified atom stereocenters. The molecule has 9 heteroatoms. The maximum atomic E-state index is 12.7. The van der Waals surface area contributed by atoms with E-state index in [2.05, 4.69) is 99.9 Å². The molecule has 0 aliphatic carbocycles. The highest BCUT2D eigenvalue weighted by Gasteiger charge is 2.20. The predicted molar refractivity (Wildman–Crippen MR) is 166 cm³/mol. The van der Waals surface area contributed by atoms with Crippen LogP contribution >= 0.6 is 0 Å². The Kier molecular flexibility index (Phi) is 9.49. The number of carbonyl (C=O) groups excluding carboxylic acids is 1. The number of aromatic nitrogens is 2. The molecule has 1 amide bonds. The Hall–Kier alpha value is -3.53. The molecule has 0 spiro atoms. The number of amides is 1. The lowest BCUT2D eigenvalue weighted by Crippen LogP contribution is -2.49. The lowest BCUT2D eigenvalue weighted by atomic mass is 10.00. The SMILES string of the molecule is CCc1ccc2cc1CN(C)CCNC(=O)CN1CCN(CC1)Cc1cc(cc(NC(C)C)c1)Nc1nccc-2n1. The summed E-state index contributed by atoms with van der Waals surface area (Å²) >= 11 is 0. The minimum atomic E-state index is 0.105.